The summed E-state index contributed by atoms with van der Waals surface area (Å²) in [6, 6.07) is 7.15. The van der Waals surface area contributed by atoms with Crippen LogP contribution in [0.15, 0.2) is 36.7 Å². The topological polar surface area (TPSA) is 80.0 Å². The van der Waals surface area contributed by atoms with Crippen LogP contribution in [0.5, 0.6) is 0 Å². The zero-order valence-electron chi connectivity index (χ0n) is 11.6. The van der Waals surface area contributed by atoms with Crippen LogP contribution >= 0.6 is 0 Å². The minimum Gasteiger partial charge on any atom is -0.397 e. The molecule has 0 unspecified atom stereocenters. The third kappa shape index (κ3) is 3.06. The van der Waals surface area contributed by atoms with Gasteiger partial charge in [-0.1, -0.05) is 0 Å². The van der Waals surface area contributed by atoms with Crippen molar-refractivity contribution in [2.45, 2.75) is 13.5 Å². The normalized spacial score (nSPS) is 10.1. The predicted octanol–water partition coefficient (Wildman–Crippen LogP) is 1.94. The average molecular weight is 270 g/mol. The summed E-state index contributed by atoms with van der Waals surface area (Å²) in [7, 11) is 1.60. The second-order valence-electron chi connectivity index (χ2n) is 4.54. The molecule has 20 heavy (non-hydrogen) atoms. The number of nitrogens with one attached hydrogen (secondary N) is 2. The van der Waals surface area contributed by atoms with E-state index < -0.39 is 0 Å². The summed E-state index contributed by atoms with van der Waals surface area (Å²) >= 11 is 0. The third-order valence-electron chi connectivity index (χ3n) is 3.15. The Kier molecular flexibility index (Phi) is 4.20. The van der Waals surface area contributed by atoms with Gasteiger partial charge in [-0.05, 0) is 42.3 Å². The SMILES string of the molecule is CNC(=O)c1ccc(N)c(NCc2ccncc2C)c1. The van der Waals surface area contributed by atoms with E-state index in [0.717, 1.165) is 16.8 Å². The molecule has 0 atom stereocenters. The van der Waals surface area contributed by atoms with Crippen LogP contribution < -0.4 is 16.4 Å². The van der Waals surface area contributed by atoms with Gasteiger partial charge in [0.15, 0.2) is 0 Å². The highest BCUT2D eigenvalue weighted by atomic mass is 16.1. The molecule has 1 aromatic carbocycles. The lowest BCUT2D eigenvalue weighted by Crippen LogP contribution is -2.18. The Morgan fingerprint density at radius 3 is 2.85 bits per heavy atom. The number of nitrogen functional groups attached to an aromatic ring is 1. The van der Waals surface area contributed by atoms with Gasteiger partial charge < -0.3 is 16.4 Å². The zero-order valence-corrected chi connectivity index (χ0v) is 11.6. The largest absolute Gasteiger partial charge is 0.397 e. The molecule has 0 aliphatic heterocycles. The van der Waals surface area contributed by atoms with Crippen molar-refractivity contribution >= 4 is 17.3 Å². The monoisotopic (exact) mass is 270 g/mol. The Bertz CT molecular complexity index is 625. The second kappa shape index (κ2) is 6.06. The van der Waals surface area contributed by atoms with Gasteiger partial charge >= 0.3 is 0 Å². The molecule has 0 bridgehead atoms. The molecule has 1 aromatic heterocycles. The van der Waals surface area contributed by atoms with Gasteiger partial charge in [0.25, 0.3) is 5.91 Å². The third-order valence-corrected chi connectivity index (χ3v) is 3.15. The van der Waals surface area contributed by atoms with Crippen molar-refractivity contribution in [1.29, 1.82) is 0 Å². The first-order valence-corrected chi connectivity index (χ1v) is 6.37. The van der Waals surface area contributed by atoms with Crippen LogP contribution in [0.1, 0.15) is 21.5 Å². The van der Waals surface area contributed by atoms with Gasteiger partial charge in [-0.3, -0.25) is 9.78 Å². The average Bonchev–Trinajstić information content (AvgIpc) is 2.47. The minimum atomic E-state index is -0.131. The van der Waals surface area contributed by atoms with Crippen LogP contribution in [0.4, 0.5) is 11.4 Å². The van der Waals surface area contributed by atoms with E-state index in [0.29, 0.717) is 17.8 Å². The number of hydrogen-bond acceptors (Lipinski definition) is 4. The zero-order chi connectivity index (χ0) is 14.5. The van der Waals surface area contributed by atoms with Gasteiger partial charge in [-0.25, -0.2) is 0 Å². The Balaban J connectivity index is 2.17. The number of carbonyl (C=O) groups is 1. The van der Waals surface area contributed by atoms with Crippen LogP contribution in [-0.2, 0) is 6.54 Å². The predicted molar refractivity (Wildman–Crippen MR) is 80.5 cm³/mol. The fourth-order valence-corrected chi connectivity index (χ4v) is 1.89. The molecule has 0 spiro atoms. The maximum Gasteiger partial charge on any atom is 0.251 e. The summed E-state index contributed by atoms with van der Waals surface area (Å²) in [4.78, 5) is 15.7. The van der Waals surface area contributed by atoms with Gasteiger partial charge in [0, 0.05) is 31.5 Å². The first-order valence-electron chi connectivity index (χ1n) is 6.37. The highest BCUT2D eigenvalue weighted by Crippen LogP contribution is 2.21. The molecule has 2 aromatic rings. The number of carbonyl (C=O) groups excluding carboxylic acids is 1. The van der Waals surface area contributed by atoms with Crippen molar-refractivity contribution in [3.63, 3.8) is 0 Å². The van der Waals surface area contributed by atoms with Crippen LogP contribution in [0.25, 0.3) is 0 Å². The Labute approximate surface area is 118 Å². The number of nitrogens with zero attached hydrogens (tertiary/aromatic N) is 1. The van der Waals surface area contributed by atoms with Crippen molar-refractivity contribution in [2.75, 3.05) is 18.1 Å². The van der Waals surface area contributed by atoms with E-state index in [4.69, 9.17) is 5.73 Å². The van der Waals surface area contributed by atoms with Crippen molar-refractivity contribution in [3.05, 3.63) is 53.3 Å². The highest BCUT2D eigenvalue weighted by Gasteiger charge is 2.07. The lowest BCUT2D eigenvalue weighted by atomic mass is 10.1. The molecule has 0 fully saturated rings. The van der Waals surface area contributed by atoms with Gasteiger partial charge in [-0.2, -0.15) is 0 Å². The van der Waals surface area contributed by atoms with E-state index >= 15 is 0 Å². The molecule has 2 rings (SSSR count). The number of nitrogens with two attached hydrogens (primary N) is 1. The maximum absolute atomic E-state index is 11.6. The van der Waals surface area contributed by atoms with Crippen molar-refractivity contribution in [1.82, 2.24) is 10.3 Å². The number of anilines is 2. The van der Waals surface area contributed by atoms with E-state index in [1.54, 1.807) is 31.4 Å². The molecule has 1 amide bonds. The summed E-state index contributed by atoms with van der Waals surface area (Å²) in [6.07, 6.45) is 3.58. The maximum atomic E-state index is 11.6. The van der Waals surface area contributed by atoms with Gasteiger partial charge in [0.1, 0.15) is 0 Å². The van der Waals surface area contributed by atoms with Gasteiger partial charge in [0.05, 0.1) is 11.4 Å². The van der Waals surface area contributed by atoms with Crippen LogP contribution in [-0.4, -0.2) is 17.9 Å². The van der Waals surface area contributed by atoms with E-state index in [9.17, 15) is 4.79 Å². The minimum absolute atomic E-state index is 0.131. The molecule has 4 N–H and O–H groups in total. The van der Waals surface area contributed by atoms with Gasteiger partial charge in [-0.15, -0.1) is 0 Å². The van der Waals surface area contributed by atoms with E-state index in [1.165, 1.54) is 0 Å². The number of benzene rings is 1. The summed E-state index contributed by atoms with van der Waals surface area (Å²) in [5.41, 5.74) is 10.1. The van der Waals surface area contributed by atoms with Crippen LogP contribution in [0.3, 0.4) is 0 Å². The van der Waals surface area contributed by atoms with Crippen LogP contribution in [0, 0.1) is 6.92 Å². The molecular weight excluding hydrogens is 252 g/mol. The van der Waals surface area contributed by atoms with Crippen molar-refractivity contribution < 1.29 is 4.79 Å². The second-order valence-corrected chi connectivity index (χ2v) is 4.54. The fourth-order valence-electron chi connectivity index (χ4n) is 1.89. The van der Waals surface area contributed by atoms with E-state index in [1.807, 2.05) is 19.2 Å². The number of aryl methyl sites for hydroxylation is 1. The van der Waals surface area contributed by atoms with Crippen LogP contribution in [0.2, 0.25) is 0 Å². The molecule has 104 valence electrons. The van der Waals surface area contributed by atoms with Crippen molar-refractivity contribution in [2.24, 2.45) is 0 Å². The molecule has 5 nitrogen and oxygen atoms in total. The number of hydrogen-bond donors (Lipinski definition) is 3. The standard InChI is InChI=1S/C15H18N4O/c1-10-8-18-6-5-12(10)9-19-14-7-11(15(20)17-2)3-4-13(14)16/h3-8,19H,9,16H2,1-2H3,(H,17,20). The quantitative estimate of drug-likeness (QED) is 0.742. The van der Waals surface area contributed by atoms with Gasteiger partial charge in [0.2, 0.25) is 0 Å². The number of rotatable bonds is 4. The first kappa shape index (κ1) is 13.9. The molecule has 0 aliphatic rings. The molecule has 0 saturated carbocycles. The summed E-state index contributed by atoms with van der Waals surface area (Å²) in [5.74, 6) is -0.131. The lowest BCUT2D eigenvalue weighted by Gasteiger charge is -2.12. The number of amides is 1. The molecule has 0 saturated heterocycles. The van der Waals surface area contributed by atoms with E-state index in [-0.39, 0.29) is 5.91 Å². The lowest BCUT2D eigenvalue weighted by molar-refractivity contribution is 0.0963. The first-order chi connectivity index (χ1) is 9.61. The smallest absolute Gasteiger partial charge is 0.251 e. The molecule has 0 radical (unpaired) electrons. The highest BCUT2D eigenvalue weighted by molar-refractivity contribution is 5.96. The Hall–Kier alpha value is -2.56. The summed E-state index contributed by atoms with van der Waals surface area (Å²) in [5, 5.41) is 5.85. The molecule has 1 heterocycles. The Morgan fingerprint density at radius 1 is 1.35 bits per heavy atom. The summed E-state index contributed by atoms with van der Waals surface area (Å²) in [6.45, 7) is 2.64. The van der Waals surface area contributed by atoms with E-state index in [2.05, 4.69) is 15.6 Å². The number of pyridine rings is 1. The van der Waals surface area contributed by atoms with Crippen molar-refractivity contribution in [3.8, 4) is 0 Å². The molecule has 0 aliphatic carbocycles. The molecular formula is C15H18N4O. The fraction of sp³-hybridized carbons (Fsp3) is 0.200. The summed E-state index contributed by atoms with van der Waals surface area (Å²) < 4.78 is 0. The Morgan fingerprint density at radius 2 is 2.15 bits per heavy atom. The molecule has 5 heteroatoms. The number of aromatic nitrogens is 1.